The highest BCUT2D eigenvalue weighted by atomic mass is 32.2. The lowest BCUT2D eigenvalue weighted by Crippen LogP contribution is -2.12. The molecule has 1 heterocycles. The van der Waals surface area contributed by atoms with Gasteiger partial charge in [0, 0.05) is 11.3 Å². The smallest absolute Gasteiger partial charge is 0.255 e. The molecule has 1 amide bonds. The minimum absolute atomic E-state index is 0.316. The molecule has 0 aliphatic carbocycles. The number of thioether (sulfide) groups is 1. The molecule has 2 aromatic carbocycles. The van der Waals surface area contributed by atoms with E-state index in [0.717, 1.165) is 5.69 Å². The summed E-state index contributed by atoms with van der Waals surface area (Å²) in [5.74, 6) is -0.717. The van der Waals surface area contributed by atoms with Gasteiger partial charge in [-0.15, -0.1) is 5.10 Å². The standard InChI is InChI=1S/C15H12FN5OS/c1-23-15-18-19-20-21(15)13-7-5-10(6-8-13)14(22)17-12-4-2-3-11(16)9-12/h2-9H,1H3,(H,17,22). The number of hydrogen-bond acceptors (Lipinski definition) is 5. The molecule has 8 heteroatoms. The molecule has 3 rings (SSSR count). The second-order valence-corrected chi connectivity index (χ2v) is 5.36. The maximum Gasteiger partial charge on any atom is 0.255 e. The van der Waals surface area contributed by atoms with E-state index < -0.39 is 5.82 Å². The van der Waals surface area contributed by atoms with Crippen LogP contribution in [0, 0.1) is 5.82 Å². The molecule has 0 atom stereocenters. The number of amides is 1. The monoisotopic (exact) mass is 329 g/mol. The molecule has 0 saturated carbocycles. The van der Waals surface area contributed by atoms with Crippen LogP contribution in [0.25, 0.3) is 5.69 Å². The van der Waals surface area contributed by atoms with Crippen LogP contribution < -0.4 is 5.32 Å². The molecule has 0 unspecified atom stereocenters. The van der Waals surface area contributed by atoms with Crippen LogP contribution in [-0.4, -0.2) is 32.4 Å². The van der Waals surface area contributed by atoms with Gasteiger partial charge >= 0.3 is 0 Å². The van der Waals surface area contributed by atoms with E-state index in [1.54, 1.807) is 35.0 Å². The number of carbonyl (C=O) groups is 1. The Bertz CT molecular complexity index is 834. The second kappa shape index (κ2) is 6.57. The van der Waals surface area contributed by atoms with Crippen molar-refractivity contribution in [3.8, 4) is 5.69 Å². The molecule has 23 heavy (non-hydrogen) atoms. The highest BCUT2D eigenvalue weighted by molar-refractivity contribution is 7.98. The van der Waals surface area contributed by atoms with Gasteiger partial charge in [0.2, 0.25) is 5.16 Å². The van der Waals surface area contributed by atoms with Crippen molar-refractivity contribution >= 4 is 23.4 Å². The number of carbonyl (C=O) groups excluding carboxylic acids is 1. The number of benzene rings is 2. The van der Waals surface area contributed by atoms with Crippen LogP contribution in [0.3, 0.4) is 0 Å². The van der Waals surface area contributed by atoms with E-state index in [1.807, 2.05) is 6.26 Å². The summed E-state index contributed by atoms with van der Waals surface area (Å²) < 4.78 is 14.7. The van der Waals surface area contributed by atoms with Crippen LogP contribution in [0.15, 0.2) is 53.7 Å². The molecule has 0 spiro atoms. The average molecular weight is 329 g/mol. The fourth-order valence-electron chi connectivity index (χ4n) is 1.99. The van der Waals surface area contributed by atoms with Gasteiger partial charge in [-0.2, -0.15) is 4.68 Å². The van der Waals surface area contributed by atoms with Gasteiger partial charge in [-0.05, 0) is 59.1 Å². The number of halogens is 1. The Morgan fingerprint density at radius 1 is 1.22 bits per heavy atom. The summed E-state index contributed by atoms with van der Waals surface area (Å²) in [6, 6.07) is 12.6. The first kappa shape index (κ1) is 15.2. The van der Waals surface area contributed by atoms with Crippen LogP contribution in [0.2, 0.25) is 0 Å². The summed E-state index contributed by atoms with van der Waals surface area (Å²) in [6.45, 7) is 0. The predicted molar refractivity (Wildman–Crippen MR) is 85.3 cm³/mol. The molecule has 3 aromatic rings. The van der Waals surface area contributed by atoms with Crippen molar-refractivity contribution in [2.24, 2.45) is 0 Å². The third kappa shape index (κ3) is 3.37. The molecule has 1 aromatic heterocycles. The first-order valence-corrected chi connectivity index (χ1v) is 7.89. The third-order valence-electron chi connectivity index (χ3n) is 3.08. The van der Waals surface area contributed by atoms with Crippen molar-refractivity contribution < 1.29 is 9.18 Å². The zero-order chi connectivity index (χ0) is 16.2. The molecular formula is C15H12FN5OS. The first-order chi connectivity index (χ1) is 11.2. The molecule has 0 aliphatic heterocycles. The number of anilines is 1. The van der Waals surface area contributed by atoms with Crippen LogP contribution in [-0.2, 0) is 0 Å². The number of rotatable bonds is 4. The Balaban J connectivity index is 1.78. The number of aromatic nitrogens is 4. The summed E-state index contributed by atoms with van der Waals surface area (Å²) in [7, 11) is 0. The topological polar surface area (TPSA) is 72.7 Å². The van der Waals surface area contributed by atoms with E-state index in [1.165, 1.54) is 30.0 Å². The van der Waals surface area contributed by atoms with Crippen LogP contribution in [0.4, 0.5) is 10.1 Å². The van der Waals surface area contributed by atoms with Crippen LogP contribution >= 0.6 is 11.8 Å². The van der Waals surface area contributed by atoms with Crippen molar-refractivity contribution in [1.82, 2.24) is 20.2 Å². The number of nitrogens with zero attached hydrogens (tertiary/aromatic N) is 4. The number of tetrazole rings is 1. The maximum atomic E-state index is 13.1. The molecule has 0 bridgehead atoms. The van der Waals surface area contributed by atoms with Crippen LogP contribution in [0.1, 0.15) is 10.4 Å². The molecule has 0 saturated heterocycles. The first-order valence-electron chi connectivity index (χ1n) is 6.67. The summed E-state index contributed by atoms with van der Waals surface area (Å²) in [6.07, 6.45) is 1.88. The minimum Gasteiger partial charge on any atom is -0.322 e. The largest absolute Gasteiger partial charge is 0.322 e. The zero-order valence-corrected chi connectivity index (χ0v) is 12.9. The summed E-state index contributed by atoms with van der Waals surface area (Å²) >= 11 is 1.42. The van der Waals surface area contributed by atoms with E-state index in [9.17, 15) is 9.18 Å². The second-order valence-electron chi connectivity index (χ2n) is 4.59. The Morgan fingerprint density at radius 3 is 2.70 bits per heavy atom. The summed E-state index contributed by atoms with van der Waals surface area (Å²) in [4.78, 5) is 12.2. The highest BCUT2D eigenvalue weighted by Gasteiger charge is 2.10. The Hall–Kier alpha value is -2.74. The van der Waals surface area contributed by atoms with Gasteiger partial charge in [-0.25, -0.2) is 4.39 Å². The Kier molecular flexibility index (Phi) is 4.33. The van der Waals surface area contributed by atoms with Gasteiger partial charge in [0.1, 0.15) is 5.82 Å². The van der Waals surface area contributed by atoms with E-state index in [4.69, 9.17) is 0 Å². The van der Waals surface area contributed by atoms with Crippen molar-refractivity contribution in [3.05, 3.63) is 59.9 Å². The summed E-state index contributed by atoms with van der Waals surface area (Å²) in [5.41, 5.74) is 1.61. The van der Waals surface area contributed by atoms with Crippen molar-refractivity contribution in [1.29, 1.82) is 0 Å². The molecule has 1 N–H and O–H groups in total. The van der Waals surface area contributed by atoms with Gasteiger partial charge in [-0.3, -0.25) is 4.79 Å². The van der Waals surface area contributed by atoms with E-state index in [2.05, 4.69) is 20.8 Å². The molecule has 0 aliphatic rings. The molecule has 6 nitrogen and oxygen atoms in total. The number of nitrogens with one attached hydrogen (secondary N) is 1. The molecule has 0 fully saturated rings. The van der Waals surface area contributed by atoms with Gasteiger partial charge < -0.3 is 5.32 Å². The van der Waals surface area contributed by atoms with Crippen molar-refractivity contribution in [2.45, 2.75) is 5.16 Å². The van der Waals surface area contributed by atoms with Gasteiger partial charge in [0.15, 0.2) is 0 Å². The fourth-order valence-corrected chi connectivity index (χ4v) is 2.42. The van der Waals surface area contributed by atoms with E-state index in [0.29, 0.717) is 16.4 Å². The lowest BCUT2D eigenvalue weighted by molar-refractivity contribution is 0.102. The van der Waals surface area contributed by atoms with Gasteiger partial charge in [-0.1, -0.05) is 17.8 Å². The van der Waals surface area contributed by atoms with Gasteiger partial charge in [0.05, 0.1) is 5.69 Å². The van der Waals surface area contributed by atoms with Crippen molar-refractivity contribution in [2.75, 3.05) is 11.6 Å². The van der Waals surface area contributed by atoms with Gasteiger partial charge in [0.25, 0.3) is 5.91 Å². The molecule has 0 radical (unpaired) electrons. The minimum atomic E-state index is -0.401. The molecule has 116 valence electrons. The van der Waals surface area contributed by atoms with E-state index >= 15 is 0 Å². The predicted octanol–water partition coefficient (Wildman–Crippen LogP) is 2.78. The molecular weight excluding hydrogens is 317 g/mol. The quantitative estimate of drug-likeness (QED) is 0.745. The Labute approximate surface area is 135 Å². The highest BCUT2D eigenvalue weighted by Crippen LogP contribution is 2.17. The fraction of sp³-hybridized carbons (Fsp3) is 0.0667. The average Bonchev–Trinajstić information content (AvgIpc) is 3.03. The summed E-state index contributed by atoms with van der Waals surface area (Å²) in [5, 5.41) is 14.7. The van der Waals surface area contributed by atoms with E-state index in [-0.39, 0.29) is 5.91 Å². The third-order valence-corrected chi connectivity index (χ3v) is 3.70. The lowest BCUT2D eigenvalue weighted by Gasteiger charge is -2.07. The van der Waals surface area contributed by atoms with Crippen molar-refractivity contribution in [3.63, 3.8) is 0 Å². The number of hydrogen-bond donors (Lipinski definition) is 1. The normalized spacial score (nSPS) is 10.5. The maximum absolute atomic E-state index is 13.1. The lowest BCUT2D eigenvalue weighted by atomic mass is 10.2. The Morgan fingerprint density at radius 2 is 2.00 bits per heavy atom. The zero-order valence-electron chi connectivity index (χ0n) is 12.1. The van der Waals surface area contributed by atoms with Crippen LogP contribution in [0.5, 0.6) is 0 Å². The SMILES string of the molecule is CSc1nnnn1-c1ccc(C(=O)Nc2cccc(F)c2)cc1.